The lowest BCUT2D eigenvalue weighted by molar-refractivity contribution is 0.840. The summed E-state index contributed by atoms with van der Waals surface area (Å²) in [5, 5.41) is 11.2. The van der Waals surface area contributed by atoms with Gasteiger partial charge in [0, 0.05) is 18.1 Å². The van der Waals surface area contributed by atoms with E-state index in [0.717, 1.165) is 37.6 Å². The van der Waals surface area contributed by atoms with E-state index in [9.17, 15) is 4.79 Å². The Morgan fingerprint density at radius 2 is 1.87 bits per heavy atom. The summed E-state index contributed by atoms with van der Waals surface area (Å²) in [6.07, 6.45) is 2.26. The second-order valence-corrected chi connectivity index (χ2v) is 9.01. The quantitative estimate of drug-likeness (QED) is 0.423. The molecule has 7 nitrogen and oxygen atoms in total. The van der Waals surface area contributed by atoms with Gasteiger partial charge >= 0.3 is 0 Å². The number of hydrogen-bond donors (Lipinski definition) is 1. The minimum absolute atomic E-state index is 0.214. The predicted octanol–water partition coefficient (Wildman–Crippen LogP) is 4.70. The number of hydrogen-bond acceptors (Lipinski definition) is 6. The van der Waals surface area contributed by atoms with E-state index >= 15 is 0 Å². The number of benzene rings is 2. The Bertz CT molecular complexity index is 1310. The van der Waals surface area contributed by atoms with Crippen LogP contribution < -0.4 is 10.5 Å². The van der Waals surface area contributed by atoms with Crippen LogP contribution in [0.2, 0.25) is 10.0 Å². The number of para-hydroxylation sites is 1. The first-order chi connectivity index (χ1) is 15.1. The fourth-order valence-corrected chi connectivity index (χ4v) is 4.88. The Hall–Kier alpha value is -2.55. The minimum atomic E-state index is -0.214. The number of nitrogens with zero attached hydrogens (tertiary/aromatic N) is 5. The normalized spacial score (nSPS) is 13.9. The molecule has 31 heavy (non-hydrogen) atoms. The molecule has 158 valence electrons. The van der Waals surface area contributed by atoms with Crippen LogP contribution in [0, 0.1) is 0 Å². The molecular formula is C21H18Cl2N6OS. The molecule has 1 aliphatic heterocycles. The molecule has 0 saturated carbocycles. The highest BCUT2D eigenvalue weighted by atomic mass is 35.5. The van der Waals surface area contributed by atoms with Crippen LogP contribution in [0.1, 0.15) is 18.7 Å². The average Bonchev–Trinajstić information content (AvgIpc) is 3.43. The molecule has 1 N–H and O–H groups in total. The Morgan fingerprint density at radius 1 is 1.06 bits per heavy atom. The van der Waals surface area contributed by atoms with E-state index in [4.69, 9.17) is 23.2 Å². The predicted molar refractivity (Wildman–Crippen MR) is 125 cm³/mol. The molecule has 0 spiro atoms. The van der Waals surface area contributed by atoms with Gasteiger partial charge in [-0.05, 0) is 43.2 Å². The van der Waals surface area contributed by atoms with Gasteiger partial charge in [0.2, 0.25) is 5.95 Å². The highest BCUT2D eigenvalue weighted by Gasteiger charge is 2.23. The van der Waals surface area contributed by atoms with E-state index in [1.165, 1.54) is 11.8 Å². The van der Waals surface area contributed by atoms with E-state index < -0.39 is 0 Å². The molecule has 0 unspecified atom stereocenters. The van der Waals surface area contributed by atoms with Crippen molar-refractivity contribution in [2.45, 2.75) is 23.8 Å². The third-order valence-corrected chi connectivity index (χ3v) is 6.65. The van der Waals surface area contributed by atoms with Crippen molar-refractivity contribution in [3.63, 3.8) is 0 Å². The molecule has 5 rings (SSSR count). The molecule has 2 aromatic heterocycles. The number of aromatic amines is 1. The second-order valence-electron chi connectivity index (χ2n) is 7.23. The van der Waals surface area contributed by atoms with Gasteiger partial charge in [-0.25, -0.2) is 4.98 Å². The lowest BCUT2D eigenvalue weighted by Gasteiger charge is -2.19. The number of rotatable bonds is 5. The lowest BCUT2D eigenvalue weighted by Crippen LogP contribution is -2.22. The standard InChI is InChI=1S/C21H18Cl2N6OS/c22-13-7-8-16-14(11-13)19(30)25-18(24-16)12-31-21-27-26-20(28-9-3-4-10-28)29(21)17-6-2-1-5-15(17)23/h1-2,5-8,11H,3-4,9-10,12H2,(H,24,25,30). The van der Waals surface area contributed by atoms with E-state index in [1.807, 2.05) is 28.8 Å². The maximum atomic E-state index is 12.5. The zero-order valence-electron chi connectivity index (χ0n) is 16.4. The molecule has 1 fully saturated rings. The van der Waals surface area contributed by atoms with Crippen molar-refractivity contribution >= 4 is 51.8 Å². The summed E-state index contributed by atoms with van der Waals surface area (Å²) in [4.78, 5) is 22.1. The summed E-state index contributed by atoms with van der Waals surface area (Å²) >= 11 is 14.0. The Kier molecular flexibility index (Phi) is 5.60. The van der Waals surface area contributed by atoms with Gasteiger partial charge in [-0.3, -0.25) is 9.36 Å². The maximum absolute atomic E-state index is 12.5. The van der Waals surface area contributed by atoms with Crippen LogP contribution >= 0.6 is 35.0 Å². The molecule has 4 aromatic rings. The van der Waals surface area contributed by atoms with Crippen molar-refractivity contribution in [2.75, 3.05) is 18.0 Å². The van der Waals surface area contributed by atoms with E-state index in [0.29, 0.717) is 37.7 Å². The van der Waals surface area contributed by atoms with Crippen LogP contribution in [0.25, 0.3) is 16.6 Å². The largest absolute Gasteiger partial charge is 0.341 e. The van der Waals surface area contributed by atoms with Gasteiger partial charge in [-0.1, -0.05) is 47.1 Å². The third kappa shape index (κ3) is 4.03. The van der Waals surface area contributed by atoms with Crippen LogP contribution in [0.3, 0.4) is 0 Å². The van der Waals surface area contributed by atoms with Gasteiger partial charge < -0.3 is 9.88 Å². The number of thioether (sulfide) groups is 1. The summed E-state index contributed by atoms with van der Waals surface area (Å²) in [5.74, 6) is 1.76. The van der Waals surface area contributed by atoms with E-state index in [2.05, 4.69) is 25.1 Å². The zero-order chi connectivity index (χ0) is 21.4. The number of anilines is 1. The van der Waals surface area contributed by atoms with Crippen molar-refractivity contribution in [3.8, 4) is 5.69 Å². The SMILES string of the molecule is O=c1[nH]c(CSc2nnc(N3CCCC3)n2-c2ccccc2Cl)nc2ccc(Cl)cc12. The summed E-state index contributed by atoms with van der Waals surface area (Å²) in [5.41, 5.74) is 1.22. The number of fused-ring (bicyclic) bond motifs is 1. The topological polar surface area (TPSA) is 79.7 Å². The van der Waals surface area contributed by atoms with Crippen LogP contribution in [0.15, 0.2) is 52.4 Å². The lowest BCUT2D eigenvalue weighted by atomic mass is 10.2. The molecule has 1 saturated heterocycles. The van der Waals surface area contributed by atoms with Crippen molar-refractivity contribution < 1.29 is 0 Å². The number of halogens is 2. The fraction of sp³-hybridized carbons (Fsp3) is 0.238. The molecular weight excluding hydrogens is 455 g/mol. The Balaban J connectivity index is 1.50. The van der Waals surface area contributed by atoms with Crippen LogP contribution in [0.4, 0.5) is 5.95 Å². The van der Waals surface area contributed by atoms with E-state index in [1.54, 1.807) is 18.2 Å². The molecule has 2 aromatic carbocycles. The first kappa shape index (κ1) is 20.4. The van der Waals surface area contributed by atoms with Gasteiger partial charge in [0.15, 0.2) is 5.16 Å². The van der Waals surface area contributed by atoms with Crippen molar-refractivity contribution in [3.05, 3.63) is 68.7 Å². The smallest absolute Gasteiger partial charge is 0.258 e. The monoisotopic (exact) mass is 472 g/mol. The Labute approximate surface area is 192 Å². The van der Waals surface area contributed by atoms with Gasteiger partial charge in [-0.15, -0.1) is 10.2 Å². The van der Waals surface area contributed by atoms with Crippen molar-refractivity contribution in [2.24, 2.45) is 0 Å². The van der Waals surface area contributed by atoms with Crippen LogP contribution in [-0.4, -0.2) is 37.8 Å². The number of nitrogens with one attached hydrogen (secondary N) is 1. The maximum Gasteiger partial charge on any atom is 0.258 e. The molecule has 0 atom stereocenters. The fourth-order valence-electron chi connectivity index (χ4n) is 3.68. The number of H-pyrrole nitrogens is 1. The van der Waals surface area contributed by atoms with Gasteiger partial charge in [-0.2, -0.15) is 0 Å². The summed E-state index contributed by atoms with van der Waals surface area (Å²) in [6, 6.07) is 12.7. The van der Waals surface area contributed by atoms with E-state index in [-0.39, 0.29) is 5.56 Å². The highest BCUT2D eigenvalue weighted by molar-refractivity contribution is 7.98. The summed E-state index contributed by atoms with van der Waals surface area (Å²) < 4.78 is 1.98. The molecule has 0 radical (unpaired) electrons. The highest BCUT2D eigenvalue weighted by Crippen LogP contribution is 2.32. The first-order valence-electron chi connectivity index (χ1n) is 9.87. The number of aromatic nitrogens is 5. The molecule has 0 bridgehead atoms. The van der Waals surface area contributed by atoms with Crippen LogP contribution in [0.5, 0.6) is 0 Å². The Morgan fingerprint density at radius 3 is 2.68 bits per heavy atom. The van der Waals surface area contributed by atoms with Gasteiger partial charge in [0.25, 0.3) is 5.56 Å². The summed E-state index contributed by atoms with van der Waals surface area (Å²) in [6.45, 7) is 1.88. The third-order valence-electron chi connectivity index (χ3n) is 5.15. The molecule has 1 aliphatic rings. The molecule has 3 heterocycles. The first-order valence-corrected chi connectivity index (χ1v) is 11.6. The zero-order valence-corrected chi connectivity index (χ0v) is 18.7. The van der Waals surface area contributed by atoms with Crippen molar-refractivity contribution in [1.29, 1.82) is 0 Å². The van der Waals surface area contributed by atoms with Crippen LogP contribution in [-0.2, 0) is 5.75 Å². The molecule has 10 heteroatoms. The van der Waals surface area contributed by atoms with Gasteiger partial charge in [0.05, 0.1) is 27.4 Å². The molecule has 0 aliphatic carbocycles. The van der Waals surface area contributed by atoms with Crippen molar-refractivity contribution in [1.82, 2.24) is 24.7 Å². The summed E-state index contributed by atoms with van der Waals surface area (Å²) in [7, 11) is 0. The van der Waals surface area contributed by atoms with Gasteiger partial charge in [0.1, 0.15) is 5.82 Å². The minimum Gasteiger partial charge on any atom is -0.341 e. The molecule has 0 amide bonds. The average molecular weight is 473 g/mol. The second kappa shape index (κ2) is 8.53.